The Balaban J connectivity index is 1.98. The van der Waals surface area contributed by atoms with E-state index in [1.54, 1.807) is 0 Å². The highest BCUT2D eigenvalue weighted by Gasteiger charge is 2.20. The van der Waals surface area contributed by atoms with Gasteiger partial charge in [-0.05, 0) is 37.8 Å². The van der Waals surface area contributed by atoms with Crippen LogP contribution in [0, 0.1) is 0 Å². The minimum atomic E-state index is 0.0654. The van der Waals surface area contributed by atoms with Crippen LogP contribution in [0.5, 0.6) is 0 Å². The Hall–Kier alpha value is -2.10. The molecule has 4 heteroatoms. The van der Waals surface area contributed by atoms with Gasteiger partial charge in [0.2, 0.25) is 5.91 Å². The second kappa shape index (κ2) is 6.12. The summed E-state index contributed by atoms with van der Waals surface area (Å²) < 4.78 is 2.23. The molecule has 110 valence electrons. The van der Waals surface area contributed by atoms with Gasteiger partial charge in [0.25, 0.3) is 0 Å². The Morgan fingerprint density at radius 3 is 2.76 bits per heavy atom. The van der Waals surface area contributed by atoms with Gasteiger partial charge in [0.05, 0.1) is 12.2 Å². The first-order valence-corrected chi connectivity index (χ1v) is 7.71. The molecule has 3 rings (SSSR count). The van der Waals surface area contributed by atoms with Crippen molar-refractivity contribution in [1.29, 1.82) is 0 Å². The summed E-state index contributed by atoms with van der Waals surface area (Å²) in [6, 6.07) is 10.3. The van der Waals surface area contributed by atoms with Crippen LogP contribution in [-0.2, 0) is 24.2 Å². The van der Waals surface area contributed by atoms with Crippen molar-refractivity contribution in [3.63, 3.8) is 0 Å². The number of rotatable bonds is 4. The van der Waals surface area contributed by atoms with Crippen molar-refractivity contribution in [3.05, 3.63) is 47.5 Å². The van der Waals surface area contributed by atoms with Crippen molar-refractivity contribution >= 4 is 5.91 Å². The van der Waals surface area contributed by atoms with E-state index in [1.807, 2.05) is 25.1 Å². The number of fused-ring (bicyclic) bond motifs is 1. The van der Waals surface area contributed by atoms with Crippen LogP contribution in [0.2, 0.25) is 0 Å². The highest BCUT2D eigenvalue weighted by Crippen LogP contribution is 2.25. The third-order valence-electron chi connectivity index (χ3n) is 3.98. The van der Waals surface area contributed by atoms with Crippen molar-refractivity contribution in [1.82, 2.24) is 14.9 Å². The molecule has 1 amide bonds. The van der Waals surface area contributed by atoms with E-state index in [1.165, 1.54) is 24.2 Å². The average molecular weight is 283 g/mol. The highest BCUT2D eigenvalue weighted by molar-refractivity contribution is 5.75. The topological polar surface area (TPSA) is 46.9 Å². The Morgan fingerprint density at radius 2 is 2.00 bits per heavy atom. The maximum absolute atomic E-state index is 11.5. The summed E-state index contributed by atoms with van der Waals surface area (Å²) in [5, 5.41) is 2.95. The first-order chi connectivity index (χ1) is 10.3. The van der Waals surface area contributed by atoms with Crippen LogP contribution in [0.3, 0.4) is 0 Å². The van der Waals surface area contributed by atoms with Gasteiger partial charge in [-0.15, -0.1) is 0 Å². The fourth-order valence-corrected chi connectivity index (χ4v) is 2.90. The molecule has 1 heterocycles. The quantitative estimate of drug-likeness (QED) is 0.938. The Labute approximate surface area is 125 Å². The minimum absolute atomic E-state index is 0.0654. The van der Waals surface area contributed by atoms with Crippen LogP contribution in [0.25, 0.3) is 5.69 Å². The van der Waals surface area contributed by atoms with Crippen molar-refractivity contribution in [2.75, 3.05) is 0 Å². The number of para-hydroxylation sites is 1. The largest absolute Gasteiger partial charge is 0.349 e. The van der Waals surface area contributed by atoms with Crippen LogP contribution >= 0.6 is 0 Å². The van der Waals surface area contributed by atoms with Gasteiger partial charge in [-0.25, -0.2) is 4.98 Å². The molecule has 0 radical (unpaired) electrons. The first-order valence-electron chi connectivity index (χ1n) is 7.71. The lowest BCUT2D eigenvalue weighted by Crippen LogP contribution is -2.23. The average Bonchev–Trinajstić information content (AvgIpc) is 2.91. The maximum atomic E-state index is 11.5. The molecule has 2 aromatic rings. The number of hydrogen-bond donors (Lipinski definition) is 1. The standard InChI is InChI=1S/C17H21N3O/c1-2-17(21)18-12-16-19-14-10-6-7-11-15(14)20(16)13-8-4-3-5-9-13/h3-5,8-9H,2,6-7,10-12H2,1H3,(H,18,21). The van der Waals surface area contributed by atoms with E-state index in [-0.39, 0.29) is 5.91 Å². The molecule has 1 aliphatic rings. The summed E-state index contributed by atoms with van der Waals surface area (Å²) >= 11 is 0. The van der Waals surface area contributed by atoms with Gasteiger partial charge >= 0.3 is 0 Å². The fraction of sp³-hybridized carbons (Fsp3) is 0.412. The molecule has 0 unspecified atom stereocenters. The number of carbonyl (C=O) groups is 1. The molecule has 0 saturated carbocycles. The molecule has 0 aliphatic heterocycles. The van der Waals surface area contributed by atoms with Crippen LogP contribution in [0.1, 0.15) is 43.4 Å². The smallest absolute Gasteiger partial charge is 0.220 e. The second-order valence-corrected chi connectivity index (χ2v) is 5.43. The predicted octanol–water partition coefficient (Wildman–Crippen LogP) is 2.78. The molecule has 1 aliphatic carbocycles. The normalized spacial score (nSPS) is 13.8. The lowest BCUT2D eigenvalue weighted by molar-refractivity contribution is -0.120. The van der Waals surface area contributed by atoms with Crippen LogP contribution in [0.15, 0.2) is 30.3 Å². The van der Waals surface area contributed by atoms with Gasteiger partial charge in [0.15, 0.2) is 0 Å². The van der Waals surface area contributed by atoms with Crippen molar-refractivity contribution < 1.29 is 4.79 Å². The number of nitrogens with one attached hydrogen (secondary N) is 1. The van der Waals surface area contributed by atoms with Crippen LogP contribution < -0.4 is 5.32 Å². The van der Waals surface area contributed by atoms with Gasteiger partial charge < -0.3 is 5.32 Å². The Bertz CT molecular complexity index is 631. The van der Waals surface area contributed by atoms with E-state index in [4.69, 9.17) is 4.98 Å². The Morgan fingerprint density at radius 1 is 1.24 bits per heavy atom. The van der Waals surface area contributed by atoms with E-state index in [2.05, 4.69) is 22.0 Å². The summed E-state index contributed by atoms with van der Waals surface area (Å²) in [5.41, 5.74) is 3.65. The summed E-state index contributed by atoms with van der Waals surface area (Å²) in [7, 11) is 0. The molecular weight excluding hydrogens is 262 g/mol. The van der Waals surface area contributed by atoms with Crippen molar-refractivity contribution in [2.24, 2.45) is 0 Å². The number of carbonyl (C=O) groups excluding carboxylic acids is 1. The third-order valence-corrected chi connectivity index (χ3v) is 3.98. The first kappa shape index (κ1) is 13.9. The van der Waals surface area contributed by atoms with Crippen molar-refractivity contribution in [3.8, 4) is 5.69 Å². The third kappa shape index (κ3) is 2.84. The number of hydrogen-bond acceptors (Lipinski definition) is 2. The minimum Gasteiger partial charge on any atom is -0.349 e. The molecule has 0 atom stereocenters. The molecule has 1 aromatic heterocycles. The predicted molar refractivity (Wildman–Crippen MR) is 82.3 cm³/mol. The van der Waals surface area contributed by atoms with Gasteiger partial charge in [-0.1, -0.05) is 25.1 Å². The Kier molecular flexibility index (Phi) is 4.04. The van der Waals surface area contributed by atoms with E-state index < -0.39 is 0 Å². The zero-order chi connectivity index (χ0) is 14.7. The number of imidazole rings is 1. The van der Waals surface area contributed by atoms with E-state index in [0.29, 0.717) is 13.0 Å². The van der Waals surface area contributed by atoms with Gasteiger partial charge in [0, 0.05) is 17.8 Å². The molecule has 21 heavy (non-hydrogen) atoms. The molecule has 0 spiro atoms. The summed E-state index contributed by atoms with van der Waals surface area (Å²) in [5.74, 6) is 1.01. The zero-order valence-electron chi connectivity index (χ0n) is 12.4. The number of amides is 1. The summed E-state index contributed by atoms with van der Waals surface area (Å²) in [6.45, 7) is 2.36. The molecule has 0 bridgehead atoms. The van der Waals surface area contributed by atoms with Crippen LogP contribution in [-0.4, -0.2) is 15.5 Å². The lowest BCUT2D eigenvalue weighted by atomic mass is 10.0. The number of nitrogens with zero attached hydrogens (tertiary/aromatic N) is 2. The zero-order valence-corrected chi connectivity index (χ0v) is 12.4. The molecule has 4 nitrogen and oxygen atoms in total. The molecular formula is C17H21N3O. The van der Waals surface area contributed by atoms with Crippen LogP contribution in [0.4, 0.5) is 0 Å². The second-order valence-electron chi connectivity index (χ2n) is 5.43. The van der Waals surface area contributed by atoms with E-state index >= 15 is 0 Å². The molecule has 1 N–H and O–H groups in total. The molecule has 0 saturated heterocycles. The number of aromatic nitrogens is 2. The van der Waals surface area contributed by atoms with Gasteiger partial charge in [0.1, 0.15) is 5.82 Å². The lowest BCUT2D eigenvalue weighted by Gasteiger charge is -2.15. The molecule has 0 fully saturated rings. The van der Waals surface area contributed by atoms with E-state index in [0.717, 1.165) is 24.4 Å². The monoisotopic (exact) mass is 283 g/mol. The van der Waals surface area contributed by atoms with E-state index in [9.17, 15) is 4.79 Å². The van der Waals surface area contributed by atoms with Crippen molar-refractivity contribution in [2.45, 2.75) is 45.6 Å². The SMILES string of the molecule is CCC(=O)NCc1nc2c(n1-c1ccccc1)CCCC2. The summed E-state index contributed by atoms with van der Waals surface area (Å²) in [6.07, 6.45) is 5.04. The number of benzene rings is 1. The highest BCUT2D eigenvalue weighted by atomic mass is 16.1. The molecule has 1 aromatic carbocycles. The van der Waals surface area contributed by atoms with Gasteiger partial charge in [-0.3, -0.25) is 9.36 Å². The number of aryl methyl sites for hydroxylation is 1. The maximum Gasteiger partial charge on any atom is 0.220 e. The summed E-state index contributed by atoms with van der Waals surface area (Å²) in [4.78, 5) is 16.3. The van der Waals surface area contributed by atoms with Gasteiger partial charge in [-0.2, -0.15) is 0 Å². The fourth-order valence-electron chi connectivity index (χ4n) is 2.90.